The lowest BCUT2D eigenvalue weighted by atomic mass is 9.95. The Balaban J connectivity index is 1.25. The van der Waals surface area contributed by atoms with Crippen molar-refractivity contribution in [2.24, 2.45) is 9.98 Å². The Labute approximate surface area is 282 Å². The van der Waals surface area contributed by atoms with E-state index < -0.39 is 6.17 Å². The molecule has 8 aromatic carbocycles. The number of benzene rings is 8. The van der Waals surface area contributed by atoms with E-state index in [-0.39, 0.29) is 0 Å². The van der Waals surface area contributed by atoms with E-state index in [0.717, 1.165) is 71.8 Å². The van der Waals surface area contributed by atoms with Crippen LogP contribution in [0, 0.1) is 0 Å². The highest BCUT2D eigenvalue weighted by Gasteiger charge is 2.26. The minimum atomic E-state index is -0.439. The van der Waals surface area contributed by atoms with Gasteiger partial charge in [-0.1, -0.05) is 133 Å². The molecule has 0 saturated heterocycles. The van der Waals surface area contributed by atoms with Crippen LogP contribution >= 0.6 is 0 Å². The van der Waals surface area contributed by atoms with E-state index in [0.29, 0.717) is 5.84 Å². The molecule has 0 aliphatic carbocycles. The van der Waals surface area contributed by atoms with Crippen molar-refractivity contribution in [2.75, 3.05) is 0 Å². The highest BCUT2D eigenvalue weighted by atomic mass is 16.3. The Morgan fingerprint density at radius 3 is 2.02 bits per heavy atom. The number of furan rings is 1. The summed E-state index contributed by atoms with van der Waals surface area (Å²) in [6.07, 6.45) is -0.439. The van der Waals surface area contributed by atoms with Gasteiger partial charge in [0.2, 0.25) is 0 Å². The van der Waals surface area contributed by atoms with Gasteiger partial charge in [-0.2, -0.15) is 0 Å². The molecule has 0 radical (unpaired) electrons. The van der Waals surface area contributed by atoms with E-state index >= 15 is 0 Å². The number of hydrogen-bond donors (Lipinski definition) is 1. The molecule has 0 saturated carbocycles. The van der Waals surface area contributed by atoms with Crippen LogP contribution < -0.4 is 5.32 Å². The van der Waals surface area contributed by atoms with E-state index in [1.165, 1.54) is 16.2 Å². The van der Waals surface area contributed by atoms with Gasteiger partial charge in [0.25, 0.3) is 0 Å². The Hall–Kier alpha value is -6.52. The zero-order valence-electron chi connectivity index (χ0n) is 26.5. The third-order valence-corrected chi connectivity index (χ3v) is 9.69. The zero-order chi connectivity index (χ0) is 32.3. The maximum atomic E-state index is 6.52. The number of aliphatic imine (C=N–C) groups is 2. The smallest absolute Gasteiger partial charge is 0.160 e. The number of rotatable bonds is 4. The maximum Gasteiger partial charge on any atom is 0.160 e. The van der Waals surface area contributed by atoms with Crippen molar-refractivity contribution in [3.63, 3.8) is 0 Å². The lowest BCUT2D eigenvalue weighted by Crippen LogP contribution is -2.33. The van der Waals surface area contributed by atoms with Gasteiger partial charge < -0.3 is 9.73 Å². The number of hydrogen-bond acceptors (Lipinski definition) is 4. The molecule has 0 bridgehead atoms. The Bertz CT molecular complexity index is 2810. The highest BCUT2D eigenvalue weighted by molar-refractivity contribution is 6.22. The van der Waals surface area contributed by atoms with Crippen LogP contribution in [0.15, 0.2) is 178 Å². The van der Waals surface area contributed by atoms with Crippen molar-refractivity contribution in [1.29, 1.82) is 0 Å². The van der Waals surface area contributed by atoms with E-state index in [1.54, 1.807) is 0 Å². The largest absolute Gasteiger partial charge is 0.456 e. The molecule has 1 aliphatic rings. The van der Waals surface area contributed by atoms with Crippen LogP contribution in [0.4, 0.5) is 0 Å². The fourth-order valence-electron chi connectivity index (χ4n) is 7.35. The summed E-state index contributed by atoms with van der Waals surface area (Å²) < 4.78 is 6.52. The van der Waals surface area contributed by atoms with Crippen LogP contribution in [0.5, 0.6) is 0 Å². The zero-order valence-corrected chi connectivity index (χ0v) is 26.5. The Kier molecular flexibility index (Phi) is 6.21. The third kappa shape index (κ3) is 4.61. The normalized spacial score (nSPS) is 14.7. The van der Waals surface area contributed by atoms with Gasteiger partial charge in [0.15, 0.2) is 5.84 Å². The van der Waals surface area contributed by atoms with Crippen LogP contribution in [-0.4, -0.2) is 11.7 Å². The fourth-order valence-corrected chi connectivity index (χ4v) is 7.35. The summed E-state index contributed by atoms with van der Waals surface area (Å²) in [5.41, 5.74) is 6.94. The van der Waals surface area contributed by atoms with Gasteiger partial charge in [0.05, 0.1) is 0 Å². The summed E-state index contributed by atoms with van der Waals surface area (Å²) in [6, 6.07) is 57.5. The molecule has 0 amide bonds. The summed E-state index contributed by atoms with van der Waals surface area (Å²) in [6.45, 7) is 0. The second kappa shape index (κ2) is 11.0. The van der Waals surface area contributed by atoms with Crippen LogP contribution in [0.3, 0.4) is 0 Å². The van der Waals surface area contributed by atoms with Gasteiger partial charge in [0.1, 0.15) is 23.2 Å². The number of nitrogens with one attached hydrogen (secondary N) is 1. The van der Waals surface area contributed by atoms with Crippen LogP contribution in [0.25, 0.3) is 65.4 Å². The van der Waals surface area contributed by atoms with Gasteiger partial charge in [-0.3, -0.25) is 0 Å². The quantitative estimate of drug-likeness (QED) is 0.197. The molecule has 9 aromatic rings. The molecule has 0 fully saturated rings. The highest BCUT2D eigenvalue weighted by Crippen LogP contribution is 2.40. The summed E-state index contributed by atoms with van der Waals surface area (Å²) in [4.78, 5) is 10.8. The van der Waals surface area contributed by atoms with Gasteiger partial charge in [-0.25, -0.2) is 9.98 Å². The second-order valence-electron chi connectivity index (χ2n) is 12.6. The first-order valence-electron chi connectivity index (χ1n) is 16.6. The predicted octanol–water partition coefficient (Wildman–Crippen LogP) is 11.2. The SMILES string of the molecule is c1ccc(-c2cc(C3N=C(c4cc5ccccc5c5ccccc45)N=C(c4ccc5ccccc5c4)N3)c3c(c2)oc2ccccc23)cc1. The lowest BCUT2D eigenvalue weighted by molar-refractivity contribution is 0.662. The molecule has 49 heavy (non-hydrogen) atoms. The summed E-state index contributed by atoms with van der Waals surface area (Å²) in [5, 5.41) is 12.9. The number of amidine groups is 2. The molecule has 1 N–H and O–H groups in total. The molecule has 1 aromatic heterocycles. The predicted molar refractivity (Wildman–Crippen MR) is 204 cm³/mol. The monoisotopic (exact) mass is 627 g/mol. The van der Waals surface area contributed by atoms with E-state index in [2.05, 4.69) is 151 Å². The van der Waals surface area contributed by atoms with Crippen molar-refractivity contribution in [3.05, 3.63) is 180 Å². The molecule has 1 unspecified atom stereocenters. The average Bonchev–Trinajstić information content (AvgIpc) is 3.56. The molecule has 1 aliphatic heterocycles. The Morgan fingerprint density at radius 2 is 1.16 bits per heavy atom. The van der Waals surface area contributed by atoms with E-state index in [9.17, 15) is 0 Å². The molecule has 4 heteroatoms. The number of fused-ring (bicyclic) bond motifs is 7. The lowest BCUT2D eigenvalue weighted by Gasteiger charge is -2.25. The van der Waals surface area contributed by atoms with Gasteiger partial charge in [-0.05, 0) is 73.8 Å². The standard InChI is InChI=1S/C45H29N3O/c1-2-12-28(13-3-1)33-26-39(42-37-20-10-11-21-40(37)49-41(42)27-33)45-47-43(32-23-22-29-14-4-5-15-30(29)24-32)46-44(48-45)38-25-31-16-6-7-17-34(31)35-18-8-9-19-36(35)38/h1-27,45H,(H,46,47,48). The summed E-state index contributed by atoms with van der Waals surface area (Å²) in [5.74, 6) is 1.48. The van der Waals surface area contributed by atoms with Gasteiger partial charge in [-0.15, -0.1) is 0 Å². The van der Waals surface area contributed by atoms with Crippen molar-refractivity contribution in [1.82, 2.24) is 5.32 Å². The van der Waals surface area contributed by atoms with Crippen molar-refractivity contribution in [2.45, 2.75) is 6.17 Å². The molecule has 230 valence electrons. The van der Waals surface area contributed by atoms with Crippen molar-refractivity contribution in [3.8, 4) is 11.1 Å². The number of para-hydroxylation sites is 1. The molecular weight excluding hydrogens is 599 g/mol. The van der Waals surface area contributed by atoms with E-state index in [4.69, 9.17) is 14.4 Å². The minimum Gasteiger partial charge on any atom is -0.456 e. The molecule has 4 nitrogen and oxygen atoms in total. The van der Waals surface area contributed by atoms with Crippen LogP contribution in [-0.2, 0) is 0 Å². The molecule has 2 heterocycles. The van der Waals surface area contributed by atoms with Gasteiger partial charge >= 0.3 is 0 Å². The first-order chi connectivity index (χ1) is 24.3. The summed E-state index contributed by atoms with van der Waals surface area (Å²) >= 11 is 0. The molecular formula is C45H29N3O. The van der Waals surface area contributed by atoms with Crippen molar-refractivity contribution >= 4 is 65.9 Å². The average molecular weight is 628 g/mol. The van der Waals surface area contributed by atoms with Gasteiger partial charge in [0, 0.05) is 27.5 Å². The fraction of sp³-hybridized carbons (Fsp3) is 0.0222. The third-order valence-electron chi connectivity index (χ3n) is 9.69. The first kappa shape index (κ1) is 27.6. The molecule has 0 spiro atoms. The first-order valence-corrected chi connectivity index (χ1v) is 16.6. The number of nitrogens with zero attached hydrogens (tertiary/aromatic N) is 2. The topological polar surface area (TPSA) is 49.9 Å². The Morgan fingerprint density at radius 1 is 0.469 bits per heavy atom. The van der Waals surface area contributed by atoms with Crippen LogP contribution in [0.1, 0.15) is 22.9 Å². The minimum absolute atomic E-state index is 0.439. The molecule has 10 rings (SSSR count). The van der Waals surface area contributed by atoms with Crippen LogP contribution in [0.2, 0.25) is 0 Å². The second-order valence-corrected chi connectivity index (χ2v) is 12.6. The van der Waals surface area contributed by atoms with Crippen molar-refractivity contribution < 1.29 is 4.42 Å². The van der Waals surface area contributed by atoms with E-state index in [1.807, 2.05) is 18.2 Å². The molecule has 1 atom stereocenters. The maximum absolute atomic E-state index is 6.52. The summed E-state index contributed by atoms with van der Waals surface area (Å²) in [7, 11) is 0.